The summed E-state index contributed by atoms with van der Waals surface area (Å²) in [6.45, 7) is 0.792. The standard InChI is InChI=1S/C21H21NO2/c1-24-21(23)18-12-7-11-17-16-10-5-6-13-19(16)22(20(17)18)14-15-8-3-2-4-9-15/h2-4,7-9,11-12H,5-6,10,13-14H2,1H3. The topological polar surface area (TPSA) is 31.2 Å². The van der Waals surface area contributed by atoms with Gasteiger partial charge >= 0.3 is 5.97 Å². The van der Waals surface area contributed by atoms with Crippen molar-refractivity contribution in [3.05, 3.63) is 70.9 Å². The van der Waals surface area contributed by atoms with E-state index in [1.807, 2.05) is 18.2 Å². The molecule has 4 rings (SSSR count). The molecule has 1 heterocycles. The third-order valence-corrected chi connectivity index (χ3v) is 4.98. The summed E-state index contributed by atoms with van der Waals surface area (Å²) in [4.78, 5) is 12.3. The van der Waals surface area contributed by atoms with E-state index in [0.717, 1.165) is 24.9 Å². The maximum absolute atomic E-state index is 12.3. The second-order valence-electron chi connectivity index (χ2n) is 6.40. The molecule has 1 aromatic heterocycles. The molecular formula is C21H21NO2. The van der Waals surface area contributed by atoms with Gasteiger partial charge in [-0.05, 0) is 42.9 Å². The Morgan fingerprint density at radius 3 is 2.62 bits per heavy atom. The number of benzene rings is 2. The van der Waals surface area contributed by atoms with Gasteiger partial charge in [0.2, 0.25) is 0 Å². The van der Waals surface area contributed by atoms with Crippen molar-refractivity contribution in [2.45, 2.75) is 32.2 Å². The molecule has 2 aromatic carbocycles. The Morgan fingerprint density at radius 1 is 1.04 bits per heavy atom. The van der Waals surface area contributed by atoms with Gasteiger partial charge in [-0.25, -0.2) is 4.79 Å². The summed E-state index contributed by atoms with van der Waals surface area (Å²) in [5.41, 5.74) is 5.75. The van der Waals surface area contributed by atoms with Crippen LogP contribution >= 0.6 is 0 Å². The third kappa shape index (κ3) is 2.41. The fourth-order valence-corrected chi connectivity index (χ4v) is 3.91. The quantitative estimate of drug-likeness (QED) is 0.672. The van der Waals surface area contributed by atoms with Gasteiger partial charge in [0.1, 0.15) is 0 Å². The molecule has 0 fully saturated rings. The van der Waals surface area contributed by atoms with Crippen LogP contribution in [0.15, 0.2) is 48.5 Å². The number of esters is 1. The first-order chi connectivity index (χ1) is 11.8. The Hall–Kier alpha value is -2.55. The summed E-state index contributed by atoms with van der Waals surface area (Å²) in [6, 6.07) is 16.4. The van der Waals surface area contributed by atoms with E-state index in [9.17, 15) is 4.79 Å². The van der Waals surface area contributed by atoms with Gasteiger partial charge < -0.3 is 9.30 Å². The van der Waals surface area contributed by atoms with Crippen molar-refractivity contribution in [2.75, 3.05) is 7.11 Å². The molecule has 0 atom stereocenters. The van der Waals surface area contributed by atoms with Crippen LogP contribution in [0.2, 0.25) is 0 Å². The molecule has 0 aliphatic heterocycles. The number of carbonyl (C=O) groups excluding carboxylic acids is 1. The van der Waals surface area contributed by atoms with Crippen LogP contribution in [0.4, 0.5) is 0 Å². The van der Waals surface area contributed by atoms with Gasteiger partial charge in [-0.1, -0.05) is 42.5 Å². The van der Waals surface area contributed by atoms with Gasteiger partial charge in [0.05, 0.1) is 18.2 Å². The predicted molar refractivity (Wildman–Crippen MR) is 95.5 cm³/mol. The maximum Gasteiger partial charge on any atom is 0.340 e. The van der Waals surface area contributed by atoms with Crippen molar-refractivity contribution in [1.82, 2.24) is 4.57 Å². The van der Waals surface area contributed by atoms with Crippen molar-refractivity contribution in [3.63, 3.8) is 0 Å². The van der Waals surface area contributed by atoms with Gasteiger partial charge in [0.25, 0.3) is 0 Å². The lowest BCUT2D eigenvalue weighted by atomic mass is 9.95. The SMILES string of the molecule is COC(=O)c1cccc2c3c(n(Cc4ccccc4)c12)CCCC3. The predicted octanol–water partition coefficient (Wildman–Crippen LogP) is 4.36. The average Bonchev–Trinajstić information content (AvgIpc) is 2.96. The second kappa shape index (κ2) is 6.16. The number of aryl methyl sites for hydroxylation is 1. The molecule has 3 aromatic rings. The van der Waals surface area contributed by atoms with Crippen LogP contribution in [-0.2, 0) is 24.1 Å². The Morgan fingerprint density at radius 2 is 1.83 bits per heavy atom. The molecule has 0 bridgehead atoms. The number of hydrogen-bond acceptors (Lipinski definition) is 2. The van der Waals surface area contributed by atoms with Crippen LogP contribution < -0.4 is 0 Å². The minimum Gasteiger partial charge on any atom is -0.465 e. The average molecular weight is 319 g/mol. The zero-order chi connectivity index (χ0) is 16.5. The smallest absolute Gasteiger partial charge is 0.340 e. The summed E-state index contributed by atoms with van der Waals surface area (Å²) < 4.78 is 7.37. The number of para-hydroxylation sites is 1. The van der Waals surface area contributed by atoms with E-state index in [1.165, 1.54) is 42.2 Å². The fraction of sp³-hybridized carbons (Fsp3) is 0.286. The molecule has 24 heavy (non-hydrogen) atoms. The van der Waals surface area contributed by atoms with Crippen LogP contribution in [0.5, 0.6) is 0 Å². The van der Waals surface area contributed by atoms with Crippen LogP contribution in [0.1, 0.15) is 40.0 Å². The molecule has 122 valence electrons. The van der Waals surface area contributed by atoms with E-state index in [0.29, 0.717) is 5.56 Å². The molecule has 1 aliphatic carbocycles. The molecule has 0 N–H and O–H groups in total. The number of carbonyl (C=O) groups is 1. The largest absolute Gasteiger partial charge is 0.465 e. The summed E-state index contributed by atoms with van der Waals surface area (Å²) in [5.74, 6) is -0.259. The summed E-state index contributed by atoms with van der Waals surface area (Å²) in [5, 5.41) is 1.21. The Balaban J connectivity index is 1.97. The van der Waals surface area contributed by atoms with Crippen LogP contribution in [0.25, 0.3) is 10.9 Å². The molecule has 3 heteroatoms. The first kappa shape index (κ1) is 15.0. The molecule has 0 spiro atoms. The lowest BCUT2D eigenvalue weighted by Gasteiger charge is -2.16. The Bertz CT molecular complexity index is 893. The number of aromatic nitrogens is 1. The summed E-state index contributed by atoms with van der Waals surface area (Å²) >= 11 is 0. The molecule has 0 amide bonds. The van der Waals surface area contributed by atoms with E-state index in [2.05, 4.69) is 34.9 Å². The van der Waals surface area contributed by atoms with Gasteiger partial charge in [0, 0.05) is 17.6 Å². The van der Waals surface area contributed by atoms with E-state index in [4.69, 9.17) is 4.74 Å². The minimum absolute atomic E-state index is 0.259. The summed E-state index contributed by atoms with van der Waals surface area (Å²) in [7, 11) is 1.45. The number of rotatable bonds is 3. The van der Waals surface area contributed by atoms with E-state index < -0.39 is 0 Å². The zero-order valence-electron chi connectivity index (χ0n) is 13.9. The number of nitrogens with zero attached hydrogens (tertiary/aromatic N) is 1. The van der Waals surface area contributed by atoms with Crippen molar-refractivity contribution in [2.24, 2.45) is 0 Å². The van der Waals surface area contributed by atoms with E-state index in [1.54, 1.807) is 0 Å². The lowest BCUT2D eigenvalue weighted by molar-refractivity contribution is 0.0602. The van der Waals surface area contributed by atoms with Gasteiger partial charge in [-0.15, -0.1) is 0 Å². The van der Waals surface area contributed by atoms with Gasteiger partial charge in [0.15, 0.2) is 0 Å². The highest BCUT2D eigenvalue weighted by molar-refractivity contribution is 6.04. The molecule has 0 unspecified atom stereocenters. The first-order valence-corrected chi connectivity index (χ1v) is 8.55. The lowest BCUT2D eigenvalue weighted by Crippen LogP contribution is -2.11. The Kier molecular flexibility index (Phi) is 3.85. The minimum atomic E-state index is -0.259. The molecule has 3 nitrogen and oxygen atoms in total. The Labute approximate surface area is 141 Å². The molecule has 0 saturated heterocycles. The second-order valence-corrected chi connectivity index (χ2v) is 6.40. The summed E-state index contributed by atoms with van der Waals surface area (Å²) in [6.07, 6.45) is 4.61. The zero-order valence-corrected chi connectivity index (χ0v) is 13.9. The van der Waals surface area contributed by atoms with E-state index >= 15 is 0 Å². The van der Waals surface area contributed by atoms with E-state index in [-0.39, 0.29) is 5.97 Å². The van der Waals surface area contributed by atoms with Crippen molar-refractivity contribution in [3.8, 4) is 0 Å². The molecule has 1 aliphatic rings. The highest BCUT2D eigenvalue weighted by atomic mass is 16.5. The van der Waals surface area contributed by atoms with Crippen LogP contribution in [-0.4, -0.2) is 17.6 Å². The van der Waals surface area contributed by atoms with Gasteiger partial charge in [-0.2, -0.15) is 0 Å². The molecule has 0 radical (unpaired) electrons. The maximum atomic E-state index is 12.3. The third-order valence-electron chi connectivity index (χ3n) is 4.98. The van der Waals surface area contributed by atoms with Crippen molar-refractivity contribution < 1.29 is 9.53 Å². The van der Waals surface area contributed by atoms with Crippen LogP contribution in [0, 0.1) is 0 Å². The molecular weight excluding hydrogens is 298 g/mol. The number of methoxy groups -OCH3 is 1. The van der Waals surface area contributed by atoms with Crippen molar-refractivity contribution in [1.29, 1.82) is 0 Å². The first-order valence-electron chi connectivity index (χ1n) is 8.55. The monoisotopic (exact) mass is 319 g/mol. The number of ether oxygens (including phenoxy) is 1. The molecule has 0 saturated carbocycles. The number of fused-ring (bicyclic) bond motifs is 3. The normalized spacial score (nSPS) is 13.7. The fourth-order valence-electron chi connectivity index (χ4n) is 3.91. The highest BCUT2D eigenvalue weighted by Gasteiger charge is 2.23. The van der Waals surface area contributed by atoms with Gasteiger partial charge in [-0.3, -0.25) is 0 Å². The highest BCUT2D eigenvalue weighted by Crippen LogP contribution is 2.34. The number of hydrogen-bond donors (Lipinski definition) is 0. The van der Waals surface area contributed by atoms with Crippen molar-refractivity contribution >= 4 is 16.9 Å². The van der Waals surface area contributed by atoms with Crippen LogP contribution in [0.3, 0.4) is 0 Å².